The lowest BCUT2D eigenvalue weighted by Crippen LogP contribution is -2.38. The largest absolute Gasteiger partial charge is 0.301 e. The van der Waals surface area contributed by atoms with Gasteiger partial charge in [0.25, 0.3) is 0 Å². The monoisotopic (exact) mass is 244 g/mol. The summed E-state index contributed by atoms with van der Waals surface area (Å²) in [5, 5.41) is 8.90. The predicted molar refractivity (Wildman–Crippen MR) is 70.8 cm³/mol. The van der Waals surface area contributed by atoms with Crippen LogP contribution in [0.5, 0.6) is 0 Å². The standard InChI is InChI=1S/C14H20N4/c1-17-9-4-10-18(12-14(17)6-7-15)11-13-5-2-3-8-16-13/h2-3,5,8,14H,4,6,9-12H2,1H3. The first-order valence-electron chi connectivity index (χ1n) is 6.49. The van der Waals surface area contributed by atoms with Crippen molar-refractivity contribution in [2.75, 3.05) is 26.7 Å². The molecule has 1 fully saturated rings. The van der Waals surface area contributed by atoms with E-state index in [-0.39, 0.29) is 0 Å². The second-order valence-electron chi connectivity index (χ2n) is 4.91. The molecule has 1 aromatic heterocycles. The maximum atomic E-state index is 8.90. The fourth-order valence-corrected chi connectivity index (χ4v) is 2.45. The zero-order valence-corrected chi connectivity index (χ0v) is 10.9. The Hall–Kier alpha value is -1.44. The van der Waals surface area contributed by atoms with Crippen LogP contribution in [0.3, 0.4) is 0 Å². The number of nitriles is 1. The van der Waals surface area contributed by atoms with E-state index in [4.69, 9.17) is 5.26 Å². The minimum Gasteiger partial charge on any atom is -0.301 e. The molecule has 0 N–H and O–H groups in total. The van der Waals surface area contributed by atoms with Crippen molar-refractivity contribution < 1.29 is 0 Å². The van der Waals surface area contributed by atoms with Crippen LogP contribution in [0.4, 0.5) is 0 Å². The minimum atomic E-state index is 0.348. The number of nitrogens with zero attached hydrogens (tertiary/aromatic N) is 4. The Bertz CT molecular complexity index is 398. The van der Waals surface area contributed by atoms with Gasteiger partial charge in [0.15, 0.2) is 0 Å². The molecule has 0 amide bonds. The van der Waals surface area contributed by atoms with Crippen molar-refractivity contribution >= 4 is 0 Å². The summed E-state index contributed by atoms with van der Waals surface area (Å²) < 4.78 is 0. The van der Waals surface area contributed by atoms with Crippen molar-refractivity contribution in [3.05, 3.63) is 30.1 Å². The Morgan fingerprint density at radius 1 is 1.44 bits per heavy atom. The molecule has 1 aromatic rings. The molecule has 2 heterocycles. The van der Waals surface area contributed by atoms with Gasteiger partial charge in [-0.15, -0.1) is 0 Å². The van der Waals surface area contributed by atoms with E-state index in [1.54, 1.807) is 0 Å². The first kappa shape index (κ1) is 13.0. The lowest BCUT2D eigenvalue weighted by atomic mass is 10.2. The molecule has 0 bridgehead atoms. The van der Waals surface area contributed by atoms with Gasteiger partial charge in [-0.25, -0.2) is 0 Å². The lowest BCUT2D eigenvalue weighted by molar-refractivity contribution is 0.204. The summed E-state index contributed by atoms with van der Waals surface area (Å²) in [7, 11) is 2.12. The quantitative estimate of drug-likeness (QED) is 0.808. The molecular formula is C14H20N4. The maximum Gasteiger partial charge on any atom is 0.0638 e. The number of rotatable bonds is 3. The first-order valence-corrected chi connectivity index (χ1v) is 6.49. The van der Waals surface area contributed by atoms with Crippen molar-refractivity contribution in [3.63, 3.8) is 0 Å². The molecule has 1 aliphatic heterocycles. The third kappa shape index (κ3) is 3.52. The van der Waals surface area contributed by atoms with Gasteiger partial charge in [-0.1, -0.05) is 6.07 Å². The summed E-state index contributed by atoms with van der Waals surface area (Å²) in [6, 6.07) is 8.68. The summed E-state index contributed by atoms with van der Waals surface area (Å²) in [5.74, 6) is 0. The molecule has 4 nitrogen and oxygen atoms in total. The summed E-state index contributed by atoms with van der Waals surface area (Å²) in [4.78, 5) is 9.09. The lowest BCUT2D eigenvalue weighted by Gasteiger charge is -2.26. The van der Waals surface area contributed by atoms with Crippen LogP contribution in [0.2, 0.25) is 0 Å². The van der Waals surface area contributed by atoms with E-state index in [1.165, 1.54) is 0 Å². The van der Waals surface area contributed by atoms with Crippen LogP contribution >= 0.6 is 0 Å². The van der Waals surface area contributed by atoms with Gasteiger partial charge in [0.2, 0.25) is 0 Å². The van der Waals surface area contributed by atoms with Gasteiger partial charge in [0.1, 0.15) is 0 Å². The maximum absolute atomic E-state index is 8.90. The highest BCUT2D eigenvalue weighted by atomic mass is 15.2. The summed E-state index contributed by atoms with van der Waals surface area (Å²) >= 11 is 0. The average molecular weight is 244 g/mol. The van der Waals surface area contributed by atoms with Gasteiger partial charge >= 0.3 is 0 Å². The van der Waals surface area contributed by atoms with Gasteiger partial charge in [0.05, 0.1) is 18.2 Å². The second-order valence-corrected chi connectivity index (χ2v) is 4.91. The highest BCUT2D eigenvalue weighted by molar-refractivity contribution is 5.03. The highest BCUT2D eigenvalue weighted by Gasteiger charge is 2.22. The molecule has 2 rings (SSSR count). The smallest absolute Gasteiger partial charge is 0.0638 e. The molecule has 0 aliphatic carbocycles. The zero-order valence-electron chi connectivity index (χ0n) is 10.9. The number of hydrogen-bond donors (Lipinski definition) is 0. The van der Waals surface area contributed by atoms with Crippen molar-refractivity contribution in [2.24, 2.45) is 0 Å². The van der Waals surface area contributed by atoms with E-state index >= 15 is 0 Å². The van der Waals surface area contributed by atoms with Gasteiger partial charge < -0.3 is 4.90 Å². The van der Waals surface area contributed by atoms with Crippen molar-refractivity contribution in [2.45, 2.75) is 25.4 Å². The Labute approximate surface area is 109 Å². The van der Waals surface area contributed by atoms with Crippen LogP contribution in [0.25, 0.3) is 0 Å². The van der Waals surface area contributed by atoms with Crippen LogP contribution in [-0.4, -0.2) is 47.5 Å². The molecule has 4 heteroatoms. The third-order valence-corrected chi connectivity index (χ3v) is 3.52. The molecule has 96 valence electrons. The van der Waals surface area contributed by atoms with Gasteiger partial charge in [-0.2, -0.15) is 5.26 Å². The molecule has 1 saturated heterocycles. The Morgan fingerprint density at radius 2 is 2.33 bits per heavy atom. The van der Waals surface area contributed by atoms with E-state index in [2.05, 4.69) is 34.0 Å². The SMILES string of the molecule is CN1CCCN(Cc2ccccn2)CC1CC#N. The average Bonchev–Trinajstić information content (AvgIpc) is 2.54. The van der Waals surface area contributed by atoms with E-state index in [9.17, 15) is 0 Å². The third-order valence-electron chi connectivity index (χ3n) is 3.52. The molecule has 0 spiro atoms. The molecule has 0 radical (unpaired) electrons. The first-order chi connectivity index (χ1) is 8.79. The molecular weight excluding hydrogens is 224 g/mol. The molecule has 1 aliphatic rings. The summed E-state index contributed by atoms with van der Waals surface area (Å²) in [6.07, 6.45) is 3.60. The van der Waals surface area contributed by atoms with E-state index in [0.717, 1.165) is 38.3 Å². The fourth-order valence-electron chi connectivity index (χ4n) is 2.45. The van der Waals surface area contributed by atoms with E-state index in [0.29, 0.717) is 12.5 Å². The van der Waals surface area contributed by atoms with Gasteiger partial charge in [0, 0.05) is 25.3 Å². The van der Waals surface area contributed by atoms with Crippen LogP contribution in [0.1, 0.15) is 18.5 Å². The normalized spacial score (nSPS) is 22.3. The number of aromatic nitrogens is 1. The van der Waals surface area contributed by atoms with Crippen LogP contribution in [-0.2, 0) is 6.54 Å². The number of hydrogen-bond acceptors (Lipinski definition) is 4. The summed E-state index contributed by atoms with van der Waals surface area (Å²) in [5.41, 5.74) is 1.11. The van der Waals surface area contributed by atoms with Crippen LogP contribution < -0.4 is 0 Å². The number of likely N-dealkylation sites (N-methyl/N-ethyl adjacent to an activating group) is 1. The van der Waals surface area contributed by atoms with Crippen molar-refractivity contribution in [3.8, 4) is 6.07 Å². The Morgan fingerprint density at radius 3 is 3.06 bits per heavy atom. The molecule has 1 unspecified atom stereocenters. The minimum absolute atomic E-state index is 0.348. The number of pyridine rings is 1. The van der Waals surface area contributed by atoms with Crippen LogP contribution in [0.15, 0.2) is 24.4 Å². The molecule has 0 aromatic carbocycles. The van der Waals surface area contributed by atoms with Crippen molar-refractivity contribution in [1.82, 2.24) is 14.8 Å². The van der Waals surface area contributed by atoms with Gasteiger partial charge in [-0.05, 0) is 38.7 Å². The van der Waals surface area contributed by atoms with Crippen molar-refractivity contribution in [1.29, 1.82) is 5.26 Å². The van der Waals surface area contributed by atoms with Gasteiger partial charge in [-0.3, -0.25) is 9.88 Å². The Balaban J connectivity index is 1.98. The molecule has 18 heavy (non-hydrogen) atoms. The summed E-state index contributed by atoms with van der Waals surface area (Å²) in [6.45, 7) is 4.01. The molecule has 0 saturated carbocycles. The van der Waals surface area contributed by atoms with Crippen LogP contribution in [0, 0.1) is 11.3 Å². The van der Waals surface area contributed by atoms with E-state index in [1.807, 2.05) is 18.3 Å². The topological polar surface area (TPSA) is 43.2 Å². The molecule has 1 atom stereocenters. The predicted octanol–water partition coefficient (Wildman–Crippen LogP) is 1.50. The zero-order chi connectivity index (χ0) is 12.8. The Kier molecular flexibility index (Phi) is 4.68. The fraction of sp³-hybridized carbons (Fsp3) is 0.571. The second kappa shape index (κ2) is 6.48. The van der Waals surface area contributed by atoms with E-state index < -0.39 is 0 Å². The highest BCUT2D eigenvalue weighted by Crippen LogP contribution is 2.13.